The molecule has 3 atom stereocenters. The van der Waals surface area contributed by atoms with Gasteiger partial charge in [0.25, 0.3) is 0 Å². The molecule has 0 spiro atoms. The largest absolute Gasteiger partial charge is 0.383 e. The molecule has 1 saturated heterocycles. The highest BCUT2D eigenvalue weighted by atomic mass is 79.9. The summed E-state index contributed by atoms with van der Waals surface area (Å²) in [5.74, 6) is 0.464. The average Bonchev–Trinajstić information content (AvgIpc) is 3.30. The number of pyridine rings is 2. The van der Waals surface area contributed by atoms with Gasteiger partial charge in [-0.3, -0.25) is 14.6 Å². The van der Waals surface area contributed by atoms with Crippen molar-refractivity contribution >= 4 is 61.4 Å². The Labute approximate surface area is 210 Å². The molecule has 0 aliphatic carbocycles. The molecule has 1 aliphatic rings. The molecule has 1 fully saturated rings. The van der Waals surface area contributed by atoms with E-state index in [2.05, 4.69) is 48.1 Å². The third-order valence-corrected chi connectivity index (χ3v) is 7.23. The van der Waals surface area contributed by atoms with Crippen LogP contribution in [0.5, 0.6) is 0 Å². The minimum atomic E-state index is -0.611. The van der Waals surface area contributed by atoms with Crippen molar-refractivity contribution in [1.29, 1.82) is 0 Å². The van der Waals surface area contributed by atoms with E-state index in [9.17, 15) is 9.59 Å². The number of nitrogen functional groups attached to an aromatic ring is 1. The Morgan fingerprint density at radius 2 is 2.00 bits per heavy atom. The van der Waals surface area contributed by atoms with Crippen LogP contribution >= 0.6 is 15.9 Å². The molecule has 5 rings (SSSR count). The lowest BCUT2D eigenvalue weighted by molar-refractivity contribution is -0.139. The topological polar surface area (TPSA) is 132 Å². The summed E-state index contributed by atoms with van der Waals surface area (Å²) < 4.78 is 2.45. The third-order valence-electron chi connectivity index (χ3n) is 6.79. The number of halogens is 1. The van der Waals surface area contributed by atoms with Crippen LogP contribution in [0.25, 0.3) is 22.1 Å². The fraction of sp³-hybridized carbons (Fsp3) is 0.333. The summed E-state index contributed by atoms with van der Waals surface area (Å²) in [6, 6.07) is 6.45. The summed E-state index contributed by atoms with van der Waals surface area (Å²) in [6.07, 6.45) is 3.65. The summed E-state index contributed by atoms with van der Waals surface area (Å²) in [5.41, 5.74) is 9.08. The van der Waals surface area contributed by atoms with Crippen LogP contribution in [0.1, 0.15) is 25.8 Å². The Bertz CT molecular complexity index is 1470. The molecule has 1 aliphatic heterocycles. The Kier molecular flexibility index (Phi) is 5.87. The van der Waals surface area contributed by atoms with Gasteiger partial charge in [-0.05, 0) is 65.9 Å². The maximum Gasteiger partial charge on any atom is 0.248 e. The summed E-state index contributed by atoms with van der Waals surface area (Å²) in [4.78, 5) is 46.0. The first-order valence-corrected chi connectivity index (χ1v) is 12.1. The number of hydrogen-bond acceptors (Lipinski definition) is 7. The summed E-state index contributed by atoms with van der Waals surface area (Å²) in [5, 5.41) is 3.48. The Balaban J connectivity index is 1.50. The third kappa shape index (κ3) is 3.99. The van der Waals surface area contributed by atoms with Gasteiger partial charge in [-0.2, -0.15) is 0 Å². The molecule has 5 heterocycles. The highest BCUT2D eigenvalue weighted by molar-refractivity contribution is 9.10. The van der Waals surface area contributed by atoms with Crippen LogP contribution in [0.4, 0.5) is 11.6 Å². The molecular weight excluding hydrogens is 512 g/mol. The fourth-order valence-corrected chi connectivity index (χ4v) is 5.26. The SMILES string of the molecule is Cc1ccnc2c3c(N)ncnc3n(CC(=O)N3[C@H](C)[C@@H](C)C[C@H]3C(=O)Nc3cccc(Br)n3)c12. The van der Waals surface area contributed by atoms with Crippen LogP contribution in [0.2, 0.25) is 0 Å². The van der Waals surface area contributed by atoms with Crippen molar-refractivity contribution in [2.75, 3.05) is 11.1 Å². The zero-order valence-electron chi connectivity index (χ0n) is 19.6. The van der Waals surface area contributed by atoms with Gasteiger partial charge in [-0.25, -0.2) is 15.0 Å². The summed E-state index contributed by atoms with van der Waals surface area (Å²) in [6.45, 7) is 5.98. The highest BCUT2D eigenvalue weighted by Gasteiger charge is 2.43. The molecule has 0 radical (unpaired) electrons. The molecule has 35 heavy (non-hydrogen) atoms. The van der Waals surface area contributed by atoms with Crippen LogP contribution in [0.3, 0.4) is 0 Å². The normalized spacial score (nSPS) is 20.0. The first-order valence-electron chi connectivity index (χ1n) is 11.3. The second kappa shape index (κ2) is 8.88. The number of aromatic nitrogens is 5. The van der Waals surface area contributed by atoms with Crippen LogP contribution in [-0.2, 0) is 16.1 Å². The number of rotatable bonds is 4. The van der Waals surface area contributed by atoms with E-state index in [0.29, 0.717) is 39.2 Å². The van der Waals surface area contributed by atoms with Crippen LogP contribution in [0.15, 0.2) is 41.4 Å². The number of aryl methyl sites for hydroxylation is 1. The Morgan fingerprint density at radius 1 is 1.20 bits per heavy atom. The predicted octanol–water partition coefficient (Wildman–Crippen LogP) is 3.29. The number of likely N-dealkylation sites (tertiary alicyclic amines) is 1. The fourth-order valence-electron chi connectivity index (χ4n) is 4.91. The number of hydrogen-bond donors (Lipinski definition) is 2. The van der Waals surface area contributed by atoms with Gasteiger partial charge in [0, 0.05) is 12.2 Å². The van der Waals surface area contributed by atoms with Crippen LogP contribution in [0, 0.1) is 12.8 Å². The highest BCUT2D eigenvalue weighted by Crippen LogP contribution is 2.34. The van der Waals surface area contributed by atoms with Crippen molar-refractivity contribution in [1.82, 2.24) is 29.4 Å². The Morgan fingerprint density at radius 3 is 2.77 bits per heavy atom. The van der Waals surface area contributed by atoms with Crippen molar-refractivity contribution in [3.63, 3.8) is 0 Å². The number of anilines is 2. The number of fused-ring (bicyclic) bond motifs is 3. The average molecular weight is 537 g/mol. The van der Waals surface area contributed by atoms with E-state index in [4.69, 9.17) is 5.73 Å². The van der Waals surface area contributed by atoms with Crippen LogP contribution < -0.4 is 11.1 Å². The quantitative estimate of drug-likeness (QED) is 0.382. The molecule has 4 aromatic heterocycles. The van der Waals surface area contributed by atoms with Gasteiger partial charge in [0.1, 0.15) is 46.3 Å². The number of nitrogens with one attached hydrogen (secondary N) is 1. The molecule has 0 saturated carbocycles. The van der Waals surface area contributed by atoms with E-state index in [0.717, 1.165) is 11.1 Å². The van der Waals surface area contributed by atoms with E-state index in [1.54, 1.807) is 29.3 Å². The molecule has 4 aromatic rings. The maximum absolute atomic E-state index is 13.8. The molecule has 0 unspecified atom stereocenters. The van der Waals surface area contributed by atoms with Crippen molar-refractivity contribution in [2.45, 2.75) is 45.8 Å². The molecule has 2 amide bonds. The van der Waals surface area contributed by atoms with E-state index < -0.39 is 6.04 Å². The molecular formula is C24H25BrN8O2. The van der Waals surface area contributed by atoms with Gasteiger partial charge in [0.15, 0.2) is 0 Å². The van der Waals surface area contributed by atoms with Crippen molar-refractivity contribution < 1.29 is 9.59 Å². The molecule has 0 aromatic carbocycles. The minimum absolute atomic E-state index is 0.00103. The molecule has 0 bridgehead atoms. The van der Waals surface area contributed by atoms with E-state index in [1.807, 2.05) is 24.5 Å². The number of amides is 2. The zero-order valence-corrected chi connectivity index (χ0v) is 21.2. The first-order chi connectivity index (χ1) is 16.8. The molecule has 180 valence electrons. The zero-order chi connectivity index (χ0) is 24.9. The smallest absolute Gasteiger partial charge is 0.248 e. The lowest BCUT2D eigenvalue weighted by atomic mass is 10.0. The van der Waals surface area contributed by atoms with Gasteiger partial charge < -0.3 is 20.5 Å². The van der Waals surface area contributed by atoms with Gasteiger partial charge in [-0.15, -0.1) is 0 Å². The van der Waals surface area contributed by atoms with Gasteiger partial charge in [0.05, 0.1) is 10.9 Å². The lowest BCUT2D eigenvalue weighted by Gasteiger charge is -2.29. The number of nitrogens with two attached hydrogens (primary N) is 1. The lowest BCUT2D eigenvalue weighted by Crippen LogP contribution is -2.47. The number of carbonyl (C=O) groups excluding carboxylic acids is 2. The molecule has 10 nitrogen and oxygen atoms in total. The Hall–Kier alpha value is -3.60. The van der Waals surface area contributed by atoms with Crippen molar-refractivity contribution in [3.8, 4) is 0 Å². The van der Waals surface area contributed by atoms with E-state index in [1.165, 1.54) is 6.33 Å². The van der Waals surface area contributed by atoms with Gasteiger partial charge in [-0.1, -0.05) is 13.0 Å². The van der Waals surface area contributed by atoms with Crippen molar-refractivity contribution in [2.24, 2.45) is 5.92 Å². The second-order valence-corrected chi connectivity index (χ2v) is 9.79. The van der Waals surface area contributed by atoms with E-state index >= 15 is 0 Å². The van der Waals surface area contributed by atoms with Gasteiger partial charge in [0.2, 0.25) is 11.8 Å². The van der Waals surface area contributed by atoms with Crippen molar-refractivity contribution in [3.05, 3.63) is 47.0 Å². The number of carbonyl (C=O) groups is 2. The minimum Gasteiger partial charge on any atom is -0.383 e. The van der Waals surface area contributed by atoms with E-state index in [-0.39, 0.29) is 30.3 Å². The monoisotopic (exact) mass is 536 g/mol. The summed E-state index contributed by atoms with van der Waals surface area (Å²) in [7, 11) is 0. The number of nitrogens with zero attached hydrogens (tertiary/aromatic N) is 6. The summed E-state index contributed by atoms with van der Waals surface area (Å²) >= 11 is 3.32. The molecule has 11 heteroatoms. The second-order valence-electron chi connectivity index (χ2n) is 8.97. The standard InChI is InChI=1S/C24H25BrN8O2/c1-12-7-8-27-20-19-22(26)28-11-29-23(19)32(21(12)20)10-18(34)33-14(3)13(2)9-15(33)24(35)31-17-6-4-5-16(25)30-17/h4-8,11,13-15H,9-10H2,1-3H3,(H2,26,28,29)(H,30,31,35)/t13-,14+,15-/m0/s1. The van der Waals surface area contributed by atoms with Gasteiger partial charge >= 0.3 is 0 Å². The molecule has 3 N–H and O–H groups in total. The maximum atomic E-state index is 13.8. The first kappa shape index (κ1) is 23.2. The van der Waals surface area contributed by atoms with Crippen LogP contribution in [-0.4, -0.2) is 53.3 Å². The predicted molar refractivity (Wildman–Crippen MR) is 136 cm³/mol.